The second-order valence-electron chi connectivity index (χ2n) is 7.83. The Labute approximate surface area is 202 Å². The lowest BCUT2D eigenvalue weighted by Gasteiger charge is -2.41. The van der Waals surface area contributed by atoms with Crippen LogP contribution in [0.4, 0.5) is 26.3 Å². The zero-order valence-corrected chi connectivity index (χ0v) is 18.8. The van der Waals surface area contributed by atoms with Crippen LogP contribution >= 0.6 is 12.4 Å². The molecule has 1 aliphatic heterocycles. The fourth-order valence-electron chi connectivity index (χ4n) is 3.86. The lowest BCUT2D eigenvalue weighted by Crippen LogP contribution is -2.58. The van der Waals surface area contributed by atoms with Crippen molar-refractivity contribution < 1.29 is 40.7 Å². The van der Waals surface area contributed by atoms with Crippen molar-refractivity contribution in [1.29, 1.82) is 0 Å². The first-order chi connectivity index (χ1) is 15.8. The first-order valence-corrected chi connectivity index (χ1v) is 10.1. The molecule has 1 heterocycles. The van der Waals surface area contributed by atoms with Gasteiger partial charge in [-0.05, 0) is 29.3 Å². The molecule has 0 spiro atoms. The van der Waals surface area contributed by atoms with Crippen LogP contribution in [0.25, 0.3) is 0 Å². The highest BCUT2D eigenvalue weighted by Crippen LogP contribution is 2.36. The summed E-state index contributed by atoms with van der Waals surface area (Å²) in [5, 5.41) is 2.71. The summed E-state index contributed by atoms with van der Waals surface area (Å²) in [6.45, 7) is -1.15. The Morgan fingerprint density at radius 2 is 1.60 bits per heavy atom. The molecule has 0 radical (unpaired) electrons. The van der Waals surface area contributed by atoms with E-state index in [4.69, 9.17) is 10.5 Å². The number of nitrogens with two attached hydrogens (primary N) is 1. The predicted molar refractivity (Wildman–Crippen MR) is 115 cm³/mol. The van der Waals surface area contributed by atoms with Crippen molar-refractivity contribution in [2.45, 2.75) is 31.0 Å². The van der Waals surface area contributed by atoms with Gasteiger partial charge < -0.3 is 15.8 Å². The van der Waals surface area contributed by atoms with E-state index in [0.29, 0.717) is 12.1 Å². The maximum Gasteiger partial charge on any atom is 0.416 e. The topological polar surface area (TPSA) is 84.7 Å². The average molecular weight is 526 g/mol. The third-order valence-electron chi connectivity index (χ3n) is 5.18. The van der Waals surface area contributed by atoms with Gasteiger partial charge in [-0.3, -0.25) is 14.5 Å². The van der Waals surface area contributed by atoms with Crippen molar-refractivity contribution in [3.63, 3.8) is 0 Å². The van der Waals surface area contributed by atoms with Crippen LogP contribution in [0.5, 0.6) is 0 Å². The minimum absolute atomic E-state index is 0. The summed E-state index contributed by atoms with van der Waals surface area (Å²) in [6.07, 6.45) is -9.94. The van der Waals surface area contributed by atoms with Crippen LogP contribution in [0.2, 0.25) is 0 Å². The van der Waals surface area contributed by atoms with Gasteiger partial charge in [0, 0.05) is 0 Å². The molecule has 192 valence electrons. The number of rotatable bonds is 7. The van der Waals surface area contributed by atoms with Crippen LogP contribution < -0.4 is 11.1 Å². The summed E-state index contributed by atoms with van der Waals surface area (Å²) in [4.78, 5) is 25.2. The van der Waals surface area contributed by atoms with E-state index in [2.05, 4.69) is 5.32 Å². The number of nitrogens with one attached hydrogen (secondary N) is 1. The number of ether oxygens (including phenoxy) is 1. The molecule has 0 bridgehead atoms. The highest BCUT2D eigenvalue weighted by molar-refractivity contribution is 5.85. The third kappa shape index (κ3) is 7.58. The Morgan fingerprint density at radius 1 is 1.03 bits per heavy atom. The molecule has 2 atom stereocenters. The summed E-state index contributed by atoms with van der Waals surface area (Å²) >= 11 is 0. The van der Waals surface area contributed by atoms with E-state index in [9.17, 15) is 35.9 Å². The molecule has 2 aromatic rings. The summed E-state index contributed by atoms with van der Waals surface area (Å²) in [5.41, 5.74) is 2.81. The number of carbonyl (C=O) groups is 2. The second kappa shape index (κ2) is 11.3. The van der Waals surface area contributed by atoms with Crippen molar-refractivity contribution in [2.75, 3.05) is 19.7 Å². The number of hydrogen-bond donors (Lipinski definition) is 2. The number of benzene rings is 2. The summed E-state index contributed by atoms with van der Waals surface area (Å²) in [6, 6.07) is 8.68. The molecule has 0 unspecified atom stereocenters. The zero-order valence-electron chi connectivity index (χ0n) is 18.0. The molecule has 13 heteroatoms. The predicted octanol–water partition coefficient (Wildman–Crippen LogP) is 3.69. The largest absolute Gasteiger partial charge is 0.416 e. The van der Waals surface area contributed by atoms with Gasteiger partial charge in [0.1, 0.15) is 0 Å². The normalized spacial score (nSPS) is 19.1. The number of halogens is 7. The van der Waals surface area contributed by atoms with E-state index in [1.165, 1.54) is 4.90 Å². The number of nitrogens with zero attached hydrogens (tertiary/aromatic N) is 1. The Balaban J connectivity index is 0.00000432. The molecule has 0 saturated carbocycles. The van der Waals surface area contributed by atoms with Crippen LogP contribution in [-0.2, 0) is 33.3 Å². The van der Waals surface area contributed by atoms with Crippen molar-refractivity contribution in [2.24, 2.45) is 5.73 Å². The Kier molecular flexibility index (Phi) is 9.15. The van der Waals surface area contributed by atoms with Gasteiger partial charge in [0.25, 0.3) is 0 Å². The second-order valence-corrected chi connectivity index (χ2v) is 7.83. The number of hydrogen-bond acceptors (Lipinski definition) is 4. The maximum atomic E-state index is 13.1. The number of amides is 2. The molecule has 0 aromatic heterocycles. The minimum Gasteiger partial charge on any atom is -0.375 e. The Bertz CT molecular complexity index is 999. The molecule has 2 aromatic carbocycles. The van der Waals surface area contributed by atoms with Crippen molar-refractivity contribution in [1.82, 2.24) is 10.2 Å². The summed E-state index contributed by atoms with van der Waals surface area (Å²) in [5.74, 6) is -1.10. The number of carbonyl (C=O) groups excluding carboxylic acids is 2. The standard InChI is InChI=1S/C22H21F6N3O3.ClH/c23-21(24,25)15-6-13(7-16(8-15)22(26,27)28)11-34-12-17-20(14-4-2-1-3-5-14)31(9-18(29)32)10-19(33)30-17;/h1-8,17,20H,9-12H2,(H2,29,32)(H,30,33);1H/t17-,20+;/m1./s1. The van der Waals surface area contributed by atoms with Crippen LogP contribution in [0.15, 0.2) is 48.5 Å². The van der Waals surface area contributed by atoms with Gasteiger partial charge in [-0.25, -0.2) is 0 Å². The van der Waals surface area contributed by atoms with E-state index >= 15 is 0 Å². The van der Waals surface area contributed by atoms with E-state index < -0.39 is 54.0 Å². The molecule has 6 nitrogen and oxygen atoms in total. The number of alkyl halides is 6. The SMILES string of the molecule is Cl.NC(=O)CN1CC(=O)N[C@H](COCc2cc(C(F)(F)F)cc(C(F)(F)F)c2)[C@@H]1c1ccccc1. The van der Waals surface area contributed by atoms with Crippen molar-refractivity contribution in [3.05, 3.63) is 70.8 Å². The lowest BCUT2D eigenvalue weighted by atomic mass is 9.95. The molecule has 1 fully saturated rings. The molecule has 0 aliphatic carbocycles. The molecule has 1 saturated heterocycles. The van der Waals surface area contributed by atoms with Gasteiger partial charge in [0.2, 0.25) is 11.8 Å². The molecular formula is C22H22ClF6N3O3. The maximum absolute atomic E-state index is 13.1. The molecule has 3 rings (SSSR count). The van der Waals surface area contributed by atoms with Crippen LogP contribution in [0, 0.1) is 0 Å². The van der Waals surface area contributed by atoms with Crippen LogP contribution in [0.1, 0.15) is 28.3 Å². The first-order valence-electron chi connectivity index (χ1n) is 10.1. The smallest absolute Gasteiger partial charge is 0.375 e. The van der Waals surface area contributed by atoms with E-state index in [-0.39, 0.29) is 43.7 Å². The van der Waals surface area contributed by atoms with E-state index in [0.717, 1.165) is 5.56 Å². The Morgan fingerprint density at radius 3 is 2.11 bits per heavy atom. The van der Waals surface area contributed by atoms with Gasteiger partial charge in [0.15, 0.2) is 0 Å². The van der Waals surface area contributed by atoms with Gasteiger partial charge in [0.05, 0.1) is 49.5 Å². The van der Waals surface area contributed by atoms with Crippen LogP contribution in [-0.4, -0.2) is 42.5 Å². The van der Waals surface area contributed by atoms with Crippen molar-refractivity contribution >= 4 is 24.2 Å². The molecule has 35 heavy (non-hydrogen) atoms. The van der Waals surface area contributed by atoms with Gasteiger partial charge in [-0.2, -0.15) is 26.3 Å². The van der Waals surface area contributed by atoms with Crippen molar-refractivity contribution in [3.8, 4) is 0 Å². The molecule has 1 aliphatic rings. The van der Waals surface area contributed by atoms with E-state index in [1.807, 2.05) is 0 Å². The molecule has 2 amide bonds. The number of primary amides is 1. The first kappa shape index (κ1) is 28.4. The van der Waals surface area contributed by atoms with Gasteiger partial charge in [-0.15, -0.1) is 12.4 Å². The fourth-order valence-corrected chi connectivity index (χ4v) is 3.86. The third-order valence-corrected chi connectivity index (χ3v) is 5.18. The monoisotopic (exact) mass is 525 g/mol. The minimum atomic E-state index is -4.97. The average Bonchev–Trinajstić information content (AvgIpc) is 2.72. The Hall–Kier alpha value is -2.83. The highest BCUT2D eigenvalue weighted by atomic mass is 35.5. The van der Waals surface area contributed by atoms with E-state index in [1.54, 1.807) is 30.3 Å². The fraction of sp³-hybridized carbons (Fsp3) is 0.364. The summed E-state index contributed by atoms with van der Waals surface area (Å²) in [7, 11) is 0. The van der Waals surface area contributed by atoms with Crippen LogP contribution in [0.3, 0.4) is 0 Å². The highest BCUT2D eigenvalue weighted by Gasteiger charge is 2.38. The summed E-state index contributed by atoms with van der Waals surface area (Å²) < 4.78 is 83.9. The molecule has 3 N–H and O–H groups in total. The zero-order chi connectivity index (χ0) is 25.1. The van der Waals surface area contributed by atoms with Gasteiger partial charge in [-0.1, -0.05) is 30.3 Å². The quantitative estimate of drug-likeness (QED) is 0.540. The lowest BCUT2D eigenvalue weighted by molar-refractivity contribution is -0.143. The van der Waals surface area contributed by atoms with Gasteiger partial charge >= 0.3 is 12.4 Å². The number of piperazine rings is 1. The molecular weight excluding hydrogens is 504 g/mol.